The summed E-state index contributed by atoms with van der Waals surface area (Å²) < 4.78 is 12.9. The molecule has 3 atom stereocenters. The maximum atomic E-state index is 13.0. The van der Waals surface area contributed by atoms with Crippen molar-refractivity contribution in [3.63, 3.8) is 0 Å². The van der Waals surface area contributed by atoms with E-state index in [-0.39, 0.29) is 11.6 Å². The lowest BCUT2D eigenvalue weighted by molar-refractivity contribution is -0.144. The van der Waals surface area contributed by atoms with Gasteiger partial charge >= 0.3 is 5.97 Å². The highest BCUT2D eigenvalue weighted by Crippen LogP contribution is 2.45. The maximum absolute atomic E-state index is 13.0. The van der Waals surface area contributed by atoms with Gasteiger partial charge in [-0.15, -0.1) is 0 Å². The predicted molar refractivity (Wildman–Crippen MR) is 178 cm³/mol. The van der Waals surface area contributed by atoms with E-state index in [1.165, 1.54) is 56.9 Å². The van der Waals surface area contributed by atoms with Crippen LogP contribution in [0, 0.1) is 43.9 Å². The lowest BCUT2D eigenvalue weighted by Crippen LogP contribution is -2.37. The van der Waals surface area contributed by atoms with Crippen LogP contribution in [-0.2, 0) is 11.2 Å². The average molecular weight is 573 g/mol. The van der Waals surface area contributed by atoms with E-state index in [4.69, 9.17) is 9.47 Å². The number of benzene rings is 1. The third-order valence-corrected chi connectivity index (χ3v) is 9.46. The van der Waals surface area contributed by atoms with Gasteiger partial charge in [0.2, 0.25) is 0 Å². The van der Waals surface area contributed by atoms with Gasteiger partial charge in [-0.2, -0.15) is 0 Å². The minimum atomic E-state index is -0.477. The SMILES string of the molecule is CC.CCCC(C)(C)C(=O)Oc1c(C)c(C)c2c(c1C)CCC(C)(CCCC(C)CCCC(C)CCCC(C)C)O2. The summed E-state index contributed by atoms with van der Waals surface area (Å²) >= 11 is 0. The molecule has 3 heteroatoms. The van der Waals surface area contributed by atoms with Crippen LogP contribution in [0.2, 0.25) is 0 Å². The monoisotopic (exact) mass is 573 g/mol. The van der Waals surface area contributed by atoms with E-state index in [2.05, 4.69) is 62.3 Å². The lowest BCUT2D eigenvalue weighted by atomic mass is 9.83. The molecule has 1 heterocycles. The molecule has 0 saturated carbocycles. The Hall–Kier alpha value is -1.51. The smallest absolute Gasteiger partial charge is 0.316 e. The fourth-order valence-corrected chi connectivity index (χ4v) is 6.37. The van der Waals surface area contributed by atoms with Gasteiger partial charge in [0.15, 0.2) is 0 Å². The van der Waals surface area contributed by atoms with Gasteiger partial charge in [0.25, 0.3) is 0 Å². The van der Waals surface area contributed by atoms with Crippen LogP contribution in [0.15, 0.2) is 0 Å². The van der Waals surface area contributed by atoms with Crippen molar-refractivity contribution in [2.45, 2.75) is 179 Å². The molecule has 3 unspecified atom stereocenters. The minimum absolute atomic E-state index is 0.122. The van der Waals surface area contributed by atoms with Crippen LogP contribution in [0.1, 0.15) is 169 Å². The van der Waals surface area contributed by atoms with Crippen molar-refractivity contribution in [2.24, 2.45) is 23.2 Å². The molecule has 1 aliphatic heterocycles. The lowest BCUT2D eigenvalue weighted by Gasteiger charge is -2.38. The second-order valence-electron chi connectivity index (χ2n) is 14.4. The number of esters is 1. The Bertz CT molecular complexity index is 928. The molecule has 1 aromatic rings. The molecule has 1 aromatic carbocycles. The molecule has 238 valence electrons. The summed E-state index contributed by atoms with van der Waals surface area (Å²) in [6, 6.07) is 0. The molecular weight excluding hydrogens is 504 g/mol. The zero-order chi connectivity index (χ0) is 31.4. The number of ether oxygens (including phenoxy) is 2. The molecule has 3 nitrogen and oxygen atoms in total. The molecule has 0 radical (unpaired) electrons. The summed E-state index contributed by atoms with van der Waals surface area (Å²) in [5.74, 6) is 4.14. The highest BCUT2D eigenvalue weighted by atomic mass is 16.5. The van der Waals surface area contributed by atoms with E-state index in [1.807, 2.05) is 27.7 Å². The number of fused-ring (bicyclic) bond motifs is 1. The molecule has 0 spiro atoms. The molecule has 0 N–H and O–H groups in total. The van der Waals surface area contributed by atoms with Crippen LogP contribution in [0.4, 0.5) is 0 Å². The van der Waals surface area contributed by atoms with E-state index < -0.39 is 5.41 Å². The third-order valence-electron chi connectivity index (χ3n) is 9.46. The van der Waals surface area contributed by atoms with Crippen LogP contribution >= 0.6 is 0 Å². The van der Waals surface area contributed by atoms with Gasteiger partial charge in [-0.1, -0.05) is 99.8 Å². The summed E-state index contributed by atoms with van der Waals surface area (Å²) in [4.78, 5) is 13.0. The first kappa shape index (κ1) is 37.5. The van der Waals surface area contributed by atoms with E-state index in [9.17, 15) is 4.79 Å². The molecule has 0 bridgehead atoms. The van der Waals surface area contributed by atoms with Crippen LogP contribution in [-0.4, -0.2) is 11.6 Å². The van der Waals surface area contributed by atoms with Crippen molar-refractivity contribution in [1.82, 2.24) is 0 Å². The minimum Gasteiger partial charge on any atom is -0.487 e. The molecule has 0 saturated heterocycles. The van der Waals surface area contributed by atoms with Crippen molar-refractivity contribution >= 4 is 5.97 Å². The van der Waals surface area contributed by atoms with E-state index >= 15 is 0 Å². The average Bonchev–Trinajstić information content (AvgIpc) is 2.90. The molecule has 1 aliphatic rings. The molecular formula is C38H68O3. The van der Waals surface area contributed by atoms with Crippen molar-refractivity contribution in [2.75, 3.05) is 0 Å². The van der Waals surface area contributed by atoms with Gasteiger partial charge in [0.1, 0.15) is 17.1 Å². The van der Waals surface area contributed by atoms with Gasteiger partial charge < -0.3 is 9.47 Å². The Morgan fingerprint density at radius 1 is 0.878 bits per heavy atom. The number of hydrogen-bond acceptors (Lipinski definition) is 3. The molecule has 0 fully saturated rings. The fourth-order valence-electron chi connectivity index (χ4n) is 6.37. The molecule has 41 heavy (non-hydrogen) atoms. The highest BCUT2D eigenvalue weighted by Gasteiger charge is 2.36. The van der Waals surface area contributed by atoms with Gasteiger partial charge in [-0.05, 0) is 108 Å². The van der Waals surface area contributed by atoms with Crippen LogP contribution < -0.4 is 9.47 Å². The third kappa shape index (κ3) is 11.6. The first-order chi connectivity index (χ1) is 19.2. The second kappa shape index (κ2) is 17.6. The first-order valence-electron chi connectivity index (χ1n) is 17.2. The second-order valence-corrected chi connectivity index (χ2v) is 14.4. The zero-order valence-electron chi connectivity index (χ0n) is 29.6. The van der Waals surface area contributed by atoms with E-state index in [1.54, 1.807) is 0 Å². The molecule has 0 amide bonds. The molecule has 2 rings (SSSR count). The molecule has 0 aromatic heterocycles. The summed E-state index contributed by atoms with van der Waals surface area (Å²) in [5.41, 5.74) is 3.85. The standard InChI is InChI=1S/C36H62O3.C2H6/c1-12-22-35(9,10)34(37)38-32-28(6)29(7)33-31(30(32)8)21-24-36(11,39-33)23-15-20-27(5)19-14-18-26(4)17-13-16-25(2)3;1-2/h25-27H,12-24H2,1-11H3;1-2H3. The quantitative estimate of drug-likeness (QED) is 0.146. The maximum Gasteiger partial charge on any atom is 0.316 e. The zero-order valence-corrected chi connectivity index (χ0v) is 29.6. The Morgan fingerprint density at radius 3 is 1.95 bits per heavy atom. The van der Waals surface area contributed by atoms with E-state index in [0.717, 1.165) is 78.0 Å². The Kier molecular flexibility index (Phi) is 16.1. The normalized spacial score (nSPS) is 18.2. The molecule has 0 aliphatic carbocycles. The predicted octanol–water partition coefficient (Wildman–Crippen LogP) is 11.9. The van der Waals surface area contributed by atoms with Gasteiger partial charge in [-0.3, -0.25) is 4.79 Å². The Labute approximate surface area is 255 Å². The van der Waals surface area contributed by atoms with Crippen molar-refractivity contribution < 1.29 is 14.3 Å². The summed E-state index contributed by atoms with van der Waals surface area (Å²) in [6.07, 6.45) is 15.6. The fraction of sp³-hybridized carbons (Fsp3) is 0.816. The van der Waals surface area contributed by atoms with Crippen LogP contribution in [0.25, 0.3) is 0 Å². The summed E-state index contributed by atoms with van der Waals surface area (Å²) in [5, 5.41) is 0. The van der Waals surface area contributed by atoms with Crippen LogP contribution in [0.5, 0.6) is 11.5 Å². The van der Waals surface area contributed by atoms with Crippen LogP contribution in [0.3, 0.4) is 0 Å². The summed E-state index contributed by atoms with van der Waals surface area (Å²) in [7, 11) is 0. The number of carbonyl (C=O) groups excluding carboxylic acids is 1. The van der Waals surface area contributed by atoms with Gasteiger partial charge in [0, 0.05) is 5.56 Å². The summed E-state index contributed by atoms with van der Waals surface area (Å²) in [6.45, 7) is 28.2. The highest BCUT2D eigenvalue weighted by molar-refractivity contribution is 5.79. The van der Waals surface area contributed by atoms with Gasteiger partial charge in [-0.25, -0.2) is 0 Å². The number of carbonyl (C=O) groups is 1. The van der Waals surface area contributed by atoms with Gasteiger partial charge in [0.05, 0.1) is 5.41 Å². The van der Waals surface area contributed by atoms with Crippen molar-refractivity contribution in [3.05, 3.63) is 22.3 Å². The van der Waals surface area contributed by atoms with E-state index in [0.29, 0.717) is 0 Å². The van der Waals surface area contributed by atoms with Crippen molar-refractivity contribution in [1.29, 1.82) is 0 Å². The van der Waals surface area contributed by atoms with Crippen molar-refractivity contribution in [3.8, 4) is 11.5 Å². The Balaban J connectivity index is 0.00000411. The number of hydrogen-bond donors (Lipinski definition) is 0. The Morgan fingerprint density at radius 2 is 1.41 bits per heavy atom. The topological polar surface area (TPSA) is 35.5 Å². The largest absolute Gasteiger partial charge is 0.487 e. The number of rotatable bonds is 16. The first-order valence-corrected chi connectivity index (χ1v) is 17.2.